The summed E-state index contributed by atoms with van der Waals surface area (Å²) in [6.07, 6.45) is 2.12. The molecule has 0 aliphatic carbocycles. The Bertz CT molecular complexity index is 1240. The molecule has 0 aliphatic rings. The molecule has 0 saturated heterocycles. The molecule has 0 radical (unpaired) electrons. The molecule has 0 heterocycles. The van der Waals surface area contributed by atoms with Gasteiger partial charge in [0.25, 0.3) is 0 Å². The normalized spacial score (nSPS) is 11.2. The molecule has 7 heteroatoms. The minimum absolute atomic E-state index is 0.0134. The minimum Gasteiger partial charge on any atom is -0.490 e. The third-order valence-corrected chi connectivity index (χ3v) is 6.50. The molecule has 3 aromatic rings. The first-order valence-corrected chi connectivity index (χ1v) is 12.4. The number of anilines is 1. The van der Waals surface area contributed by atoms with Crippen molar-refractivity contribution in [2.24, 2.45) is 0 Å². The van der Waals surface area contributed by atoms with E-state index in [2.05, 4.69) is 43.9 Å². The zero-order valence-corrected chi connectivity index (χ0v) is 20.6. The number of ether oxygens (including phenoxy) is 1. The highest BCUT2D eigenvalue weighted by Crippen LogP contribution is 2.36. The van der Waals surface area contributed by atoms with Crippen molar-refractivity contribution in [3.63, 3.8) is 0 Å². The van der Waals surface area contributed by atoms with Crippen LogP contribution in [0.4, 0.5) is 5.69 Å². The van der Waals surface area contributed by atoms with E-state index in [-0.39, 0.29) is 10.6 Å². The molecule has 0 aromatic heterocycles. The van der Waals surface area contributed by atoms with Gasteiger partial charge in [0.15, 0.2) is 11.5 Å². The SMILES string of the molecule is C=CCc1cc(CNc2ccc(C)cc2C)cc(OCC)c1OS(=O)(=O)c1ccc(Cl)cc1. The lowest BCUT2D eigenvalue weighted by atomic mass is 10.0. The summed E-state index contributed by atoms with van der Waals surface area (Å²) in [5.74, 6) is 0.536. The van der Waals surface area contributed by atoms with E-state index in [1.165, 1.54) is 29.8 Å². The second-order valence-corrected chi connectivity index (χ2v) is 9.65. The molecular formula is C26H28ClNO4S. The van der Waals surface area contributed by atoms with Crippen molar-refractivity contribution in [1.29, 1.82) is 0 Å². The average Bonchev–Trinajstić information content (AvgIpc) is 2.76. The van der Waals surface area contributed by atoms with Crippen molar-refractivity contribution < 1.29 is 17.3 Å². The molecule has 3 rings (SSSR count). The summed E-state index contributed by atoms with van der Waals surface area (Å²) in [6, 6.07) is 15.8. The molecule has 0 unspecified atom stereocenters. The second kappa shape index (κ2) is 10.8. The standard InChI is InChI=1S/C26H28ClNO4S/c1-5-7-21-15-20(17-28-24-13-8-18(3)14-19(24)4)16-25(31-6-2)26(21)32-33(29,30)23-11-9-22(27)10-12-23/h5,8-16,28H,1,6-7,17H2,2-4H3. The van der Waals surface area contributed by atoms with Crippen LogP contribution in [0.25, 0.3) is 0 Å². The fourth-order valence-electron chi connectivity index (χ4n) is 3.46. The topological polar surface area (TPSA) is 64.6 Å². The summed E-state index contributed by atoms with van der Waals surface area (Å²) in [6.45, 7) is 10.7. The third-order valence-electron chi connectivity index (χ3n) is 5.02. The first-order chi connectivity index (χ1) is 15.7. The van der Waals surface area contributed by atoms with Crippen LogP contribution in [-0.2, 0) is 23.1 Å². The molecule has 0 aliphatic heterocycles. The Morgan fingerprint density at radius 2 is 1.79 bits per heavy atom. The average molecular weight is 486 g/mol. The fraction of sp³-hybridized carbons (Fsp3) is 0.231. The highest BCUT2D eigenvalue weighted by molar-refractivity contribution is 7.87. The van der Waals surface area contributed by atoms with Crippen LogP contribution >= 0.6 is 11.6 Å². The molecular weight excluding hydrogens is 458 g/mol. The van der Waals surface area contributed by atoms with Gasteiger partial charge in [-0.15, -0.1) is 6.58 Å². The molecule has 0 saturated carbocycles. The Morgan fingerprint density at radius 3 is 2.42 bits per heavy atom. The van der Waals surface area contributed by atoms with Crippen LogP contribution in [0, 0.1) is 13.8 Å². The summed E-state index contributed by atoms with van der Waals surface area (Å²) in [5, 5.41) is 3.88. The number of rotatable bonds is 10. The molecule has 0 atom stereocenters. The number of nitrogens with one attached hydrogen (secondary N) is 1. The molecule has 174 valence electrons. The predicted molar refractivity (Wildman–Crippen MR) is 134 cm³/mol. The van der Waals surface area contributed by atoms with E-state index >= 15 is 0 Å². The second-order valence-electron chi connectivity index (χ2n) is 7.67. The van der Waals surface area contributed by atoms with Gasteiger partial charge in [0, 0.05) is 22.8 Å². The highest BCUT2D eigenvalue weighted by atomic mass is 35.5. The van der Waals surface area contributed by atoms with Crippen LogP contribution in [0.1, 0.15) is 29.2 Å². The van der Waals surface area contributed by atoms with Crippen molar-refractivity contribution in [1.82, 2.24) is 0 Å². The summed E-state index contributed by atoms with van der Waals surface area (Å²) in [4.78, 5) is 0.0134. The molecule has 1 N–H and O–H groups in total. The van der Waals surface area contributed by atoms with Gasteiger partial charge in [0.2, 0.25) is 0 Å². The monoisotopic (exact) mass is 485 g/mol. The van der Waals surface area contributed by atoms with Gasteiger partial charge in [-0.25, -0.2) is 0 Å². The van der Waals surface area contributed by atoms with Gasteiger partial charge in [-0.3, -0.25) is 0 Å². The van der Waals surface area contributed by atoms with Crippen molar-refractivity contribution >= 4 is 27.4 Å². The van der Waals surface area contributed by atoms with E-state index in [1.54, 1.807) is 12.1 Å². The van der Waals surface area contributed by atoms with Gasteiger partial charge in [-0.05, 0) is 80.8 Å². The minimum atomic E-state index is -4.08. The Hall–Kier alpha value is -2.96. The van der Waals surface area contributed by atoms with E-state index in [4.69, 9.17) is 20.5 Å². The van der Waals surface area contributed by atoms with Crippen LogP contribution in [0.5, 0.6) is 11.5 Å². The maximum absolute atomic E-state index is 12.9. The molecule has 0 bridgehead atoms. The number of halogens is 1. The number of hydrogen-bond acceptors (Lipinski definition) is 5. The van der Waals surface area contributed by atoms with Gasteiger partial charge in [0.05, 0.1) is 6.61 Å². The quantitative estimate of drug-likeness (QED) is 0.263. The van der Waals surface area contributed by atoms with E-state index in [0.717, 1.165) is 16.8 Å². The molecule has 0 amide bonds. The van der Waals surface area contributed by atoms with Crippen molar-refractivity contribution in [3.05, 3.63) is 94.5 Å². The lowest BCUT2D eigenvalue weighted by Crippen LogP contribution is -2.13. The lowest BCUT2D eigenvalue weighted by Gasteiger charge is -2.18. The summed E-state index contributed by atoms with van der Waals surface area (Å²) >= 11 is 5.89. The summed E-state index contributed by atoms with van der Waals surface area (Å²) in [5.41, 5.74) is 5.00. The van der Waals surface area contributed by atoms with Crippen molar-refractivity contribution in [2.45, 2.75) is 38.6 Å². The van der Waals surface area contributed by atoms with Crippen LogP contribution in [0.3, 0.4) is 0 Å². The first kappa shape index (κ1) is 24.7. The predicted octanol–water partition coefficient (Wildman–Crippen LogP) is 6.46. The Balaban J connectivity index is 1.95. The third kappa shape index (κ3) is 6.30. The zero-order valence-electron chi connectivity index (χ0n) is 19.0. The Labute approximate surface area is 201 Å². The maximum Gasteiger partial charge on any atom is 0.339 e. The number of benzene rings is 3. The fourth-order valence-corrected chi connectivity index (χ4v) is 4.56. The number of aryl methyl sites for hydroxylation is 2. The number of hydrogen-bond donors (Lipinski definition) is 1. The highest BCUT2D eigenvalue weighted by Gasteiger charge is 2.22. The molecule has 33 heavy (non-hydrogen) atoms. The summed E-state index contributed by atoms with van der Waals surface area (Å²) in [7, 11) is -4.08. The van der Waals surface area contributed by atoms with Crippen molar-refractivity contribution in [2.75, 3.05) is 11.9 Å². The van der Waals surface area contributed by atoms with Gasteiger partial charge in [0.1, 0.15) is 4.90 Å². The Morgan fingerprint density at radius 1 is 1.06 bits per heavy atom. The maximum atomic E-state index is 12.9. The largest absolute Gasteiger partial charge is 0.490 e. The van der Waals surface area contributed by atoms with Crippen LogP contribution in [0.15, 0.2) is 72.1 Å². The molecule has 0 spiro atoms. The molecule has 3 aromatic carbocycles. The smallest absolute Gasteiger partial charge is 0.339 e. The van der Waals surface area contributed by atoms with Gasteiger partial charge in [-0.2, -0.15) is 8.42 Å². The van der Waals surface area contributed by atoms with Gasteiger partial charge >= 0.3 is 10.1 Å². The van der Waals surface area contributed by atoms with Crippen LogP contribution in [0.2, 0.25) is 5.02 Å². The van der Waals surface area contributed by atoms with Gasteiger partial charge in [-0.1, -0.05) is 35.4 Å². The summed E-state index contributed by atoms with van der Waals surface area (Å²) < 4.78 is 37.2. The van der Waals surface area contributed by atoms with E-state index in [1.807, 2.05) is 13.0 Å². The van der Waals surface area contributed by atoms with E-state index in [0.29, 0.717) is 35.9 Å². The number of allylic oxidation sites excluding steroid dienone is 1. The molecule has 0 fully saturated rings. The van der Waals surface area contributed by atoms with E-state index < -0.39 is 10.1 Å². The lowest BCUT2D eigenvalue weighted by molar-refractivity contribution is 0.326. The van der Waals surface area contributed by atoms with Crippen LogP contribution in [-0.4, -0.2) is 15.0 Å². The first-order valence-electron chi connectivity index (χ1n) is 10.6. The van der Waals surface area contributed by atoms with Gasteiger partial charge < -0.3 is 14.2 Å². The van der Waals surface area contributed by atoms with E-state index in [9.17, 15) is 8.42 Å². The van der Waals surface area contributed by atoms with Crippen LogP contribution < -0.4 is 14.2 Å². The van der Waals surface area contributed by atoms with Crippen molar-refractivity contribution in [3.8, 4) is 11.5 Å². The Kier molecular flexibility index (Phi) is 8.06. The molecule has 5 nitrogen and oxygen atoms in total. The zero-order chi connectivity index (χ0) is 24.0.